The van der Waals surface area contributed by atoms with Gasteiger partial charge in [0.15, 0.2) is 0 Å². The number of hydrogen-bond acceptors (Lipinski definition) is 2. The summed E-state index contributed by atoms with van der Waals surface area (Å²) in [4.78, 5) is 2.41. The van der Waals surface area contributed by atoms with Gasteiger partial charge in [-0.2, -0.15) is 0 Å². The summed E-state index contributed by atoms with van der Waals surface area (Å²) < 4.78 is 6.50. The lowest BCUT2D eigenvalue weighted by atomic mass is 9.84. The van der Waals surface area contributed by atoms with Gasteiger partial charge in [0.2, 0.25) is 0 Å². The van der Waals surface area contributed by atoms with Crippen molar-refractivity contribution in [2.45, 2.75) is 0 Å². The Morgan fingerprint density at radius 2 is 0.794 bits per heavy atom. The van der Waals surface area contributed by atoms with E-state index in [-0.39, 0.29) is 0 Å². The smallest absolute Gasteiger partial charge is 0.143 e. The minimum absolute atomic E-state index is 0.899. The topological polar surface area (TPSA) is 16.4 Å². The first-order valence-corrected chi connectivity index (χ1v) is 23.3. The molecular weight excluding hydrogens is 823 g/mol. The maximum absolute atomic E-state index is 6.50. The van der Waals surface area contributed by atoms with Crippen LogP contribution >= 0.6 is 0 Å². The van der Waals surface area contributed by atoms with Gasteiger partial charge >= 0.3 is 0 Å². The van der Waals surface area contributed by atoms with E-state index in [1.165, 1.54) is 65.7 Å². The van der Waals surface area contributed by atoms with Gasteiger partial charge in [0.25, 0.3) is 0 Å². The molecule has 318 valence electrons. The standard InChI is InChI=1S/C66H43NO/c1-3-17-47(18-4-1)64-59-25-10-9-23-56(59)57-41-36-51(43-61(57)65(64)48-19-5-2-6-20-48)54-22-11-13-28-62(54)67(52-37-32-45(33-38-52)50-31-30-44-16-7-8-21-49(44)42-50)53-39-34-46(35-40-53)55-26-15-27-60-58-24-12-14-29-63(58)68-66(55)60/h1-43H. The summed E-state index contributed by atoms with van der Waals surface area (Å²) in [5.41, 5.74) is 16.7. The van der Waals surface area contributed by atoms with Crippen molar-refractivity contribution in [2.75, 3.05) is 4.90 Å². The normalized spacial score (nSPS) is 11.5. The Bertz CT molecular complexity index is 4000. The van der Waals surface area contributed by atoms with Gasteiger partial charge in [0.05, 0.1) is 5.69 Å². The molecule has 13 rings (SSSR count). The maximum Gasteiger partial charge on any atom is 0.143 e. The van der Waals surface area contributed by atoms with E-state index >= 15 is 0 Å². The molecule has 2 nitrogen and oxygen atoms in total. The van der Waals surface area contributed by atoms with E-state index in [1.54, 1.807) is 0 Å². The zero-order valence-corrected chi connectivity index (χ0v) is 37.2. The SMILES string of the molecule is c1ccc(-c2c(-c3ccccc3)c3cc(-c4ccccc4N(c4ccc(-c5ccc6ccccc6c5)cc4)c4ccc(-c5cccc6c5oc5ccccc56)cc4)ccc3c3ccccc23)cc1. The van der Waals surface area contributed by atoms with Crippen LogP contribution in [-0.4, -0.2) is 0 Å². The van der Waals surface area contributed by atoms with Crippen LogP contribution in [0.4, 0.5) is 17.1 Å². The van der Waals surface area contributed by atoms with Gasteiger partial charge in [-0.15, -0.1) is 0 Å². The van der Waals surface area contributed by atoms with Crippen molar-refractivity contribution in [3.63, 3.8) is 0 Å². The monoisotopic (exact) mass is 865 g/mol. The predicted octanol–water partition coefficient (Wildman–Crippen LogP) is 18.9. The first kappa shape index (κ1) is 39.4. The molecule has 0 aliphatic carbocycles. The third-order valence-corrected chi connectivity index (χ3v) is 13.7. The molecule has 1 aromatic heterocycles. The molecule has 68 heavy (non-hydrogen) atoms. The highest BCUT2D eigenvalue weighted by molar-refractivity contribution is 6.22. The minimum Gasteiger partial charge on any atom is -0.455 e. The number of hydrogen-bond donors (Lipinski definition) is 0. The first-order valence-electron chi connectivity index (χ1n) is 23.3. The van der Waals surface area contributed by atoms with Crippen LogP contribution in [0.2, 0.25) is 0 Å². The Labute approximate surface area is 395 Å². The largest absolute Gasteiger partial charge is 0.455 e. The van der Waals surface area contributed by atoms with Crippen molar-refractivity contribution in [2.24, 2.45) is 0 Å². The van der Waals surface area contributed by atoms with Crippen molar-refractivity contribution in [1.82, 2.24) is 0 Å². The predicted molar refractivity (Wildman–Crippen MR) is 288 cm³/mol. The average Bonchev–Trinajstić information content (AvgIpc) is 3.80. The summed E-state index contributed by atoms with van der Waals surface area (Å²) in [6, 6.07) is 94.5. The lowest BCUT2D eigenvalue weighted by Crippen LogP contribution is -2.11. The van der Waals surface area contributed by atoms with Gasteiger partial charge in [0, 0.05) is 33.3 Å². The molecule has 2 heteroatoms. The van der Waals surface area contributed by atoms with Gasteiger partial charge in [-0.25, -0.2) is 0 Å². The van der Waals surface area contributed by atoms with Crippen molar-refractivity contribution >= 4 is 71.3 Å². The van der Waals surface area contributed by atoms with Crippen LogP contribution < -0.4 is 4.90 Å². The fourth-order valence-corrected chi connectivity index (χ4v) is 10.4. The fourth-order valence-electron chi connectivity index (χ4n) is 10.4. The Morgan fingerprint density at radius 3 is 1.54 bits per heavy atom. The molecule has 0 spiro atoms. The van der Waals surface area contributed by atoms with Crippen molar-refractivity contribution in [3.05, 3.63) is 261 Å². The number of rotatable bonds is 8. The lowest BCUT2D eigenvalue weighted by Gasteiger charge is -2.28. The van der Waals surface area contributed by atoms with Crippen molar-refractivity contribution in [1.29, 1.82) is 0 Å². The van der Waals surface area contributed by atoms with Crippen LogP contribution in [0.1, 0.15) is 0 Å². The zero-order chi connectivity index (χ0) is 45.0. The Hall–Kier alpha value is -8.98. The molecule has 0 aliphatic heterocycles. The third kappa shape index (κ3) is 6.73. The molecule has 0 saturated carbocycles. The van der Waals surface area contributed by atoms with Gasteiger partial charge < -0.3 is 9.32 Å². The van der Waals surface area contributed by atoms with E-state index in [9.17, 15) is 0 Å². The van der Waals surface area contributed by atoms with Crippen molar-refractivity contribution in [3.8, 4) is 55.6 Å². The van der Waals surface area contributed by atoms with Crippen molar-refractivity contribution < 1.29 is 4.42 Å². The maximum atomic E-state index is 6.50. The molecule has 1 heterocycles. The molecule has 12 aromatic carbocycles. The van der Waals surface area contributed by atoms with Gasteiger partial charge in [-0.1, -0.05) is 212 Å². The highest BCUT2D eigenvalue weighted by Gasteiger charge is 2.22. The zero-order valence-electron chi connectivity index (χ0n) is 37.2. The van der Waals surface area contributed by atoms with Crippen LogP contribution in [-0.2, 0) is 0 Å². The fraction of sp³-hybridized carbons (Fsp3) is 0. The van der Waals surface area contributed by atoms with Crippen LogP contribution in [0, 0.1) is 0 Å². The van der Waals surface area contributed by atoms with E-state index in [1.807, 2.05) is 12.1 Å². The van der Waals surface area contributed by atoms with Crippen LogP contribution in [0.25, 0.3) is 110 Å². The molecule has 0 bridgehead atoms. The molecule has 0 radical (unpaired) electrons. The third-order valence-electron chi connectivity index (χ3n) is 13.7. The minimum atomic E-state index is 0.899. The van der Waals surface area contributed by atoms with Gasteiger partial charge in [0.1, 0.15) is 11.2 Å². The highest BCUT2D eigenvalue weighted by Crippen LogP contribution is 2.48. The molecule has 0 fully saturated rings. The Balaban J connectivity index is 0.994. The molecule has 0 unspecified atom stereocenters. The van der Waals surface area contributed by atoms with Crippen LogP contribution in [0.5, 0.6) is 0 Å². The quantitative estimate of drug-likeness (QED) is 0.142. The summed E-state index contributed by atoms with van der Waals surface area (Å²) in [5.74, 6) is 0. The van der Waals surface area contributed by atoms with Crippen LogP contribution in [0.3, 0.4) is 0 Å². The summed E-state index contributed by atoms with van der Waals surface area (Å²) in [7, 11) is 0. The Kier molecular flexibility index (Phi) is 9.54. The Morgan fingerprint density at radius 1 is 0.265 bits per heavy atom. The highest BCUT2D eigenvalue weighted by atomic mass is 16.3. The summed E-state index contributed by atoms with van der Waals surface area (Å²) in [6.07, 6.45) is 0. The number of para-hydroxylation sites is 3. The molecular formula is C66H43NO. The van der Waals surface area contributed by atoms with E-state index in [2.05, 4.69) is 254 Å². The number of furan rings is 1. The molecule has 0 N–H and O–H groups in total. The van der Waals surface area contributed by atoms with Gasteiger partial charge in [-0.3, -0.25) is 0 Å². The van der Waals surface area contributed by atoms with E-state index in [4.69, 9.17) is 4.42 Å². The van der Waals surface area contributed by atoms with E-state index < -0.39 is 0 Å². The average molecular weight is 866 g/mol. The summed E-state index contributed by atoms with van der Waals surface area (Å²) in [6.45, 7) is 0. The van der Waals surface area contributed by atoms with Crippen LogP contribution in [0.15, 0.2) is 265 Å². The summed E-state index contributed by atoms with van der Waals surface area (Å²) >= 11 is 0. The van der Waals surface area contributed by atoms with Gasteiger partial charge in [-0.05, 0) is 125 Å². The second-order valence-electron chi connectivity index (χ2n) is 17.6. The second-order valence-corrected chi connectivity index (χ2v) is 17.6. The molecule has 13 aromatic rings. The number of benzene rings is 12. The number of nitrogens with zero attached hydrogens (tertiary/aromatic N) is 1. The number of anilines is 3. The lowest BCUT2D eigenvalue weighted by molar-refractivity contribution is 0.670. The number of fused-ring (bicyclic) bond motifs is 7. The van der Waals surface area contributed by atoms with E-state index in [0.717, 1.165) is 61.3 Å². The molecule has 0 saturated heterocycles. The molecule has 0 atom stereocenters. The first-order chi connectivity index (χ1) is 33.7. The summed E-state index contributed by atoms with van der Waals surface area (Å²) in [5, 5.41) is 9.67. The second kappa shape index (κ2) is 16.5. The molecule has 0 amide bonds. The van der Waals surface area contributed by atoms with E-state index in [0.29, 0.717) is 0 Å². The molecule has 0 aliphatic rings.